The molecule has 0 atom stereocenters. The number of benzene rings is 1. The lowest BCUT2D eigenvalue weighted by molar-refractivity contribution is -0.149. The molecule has 2 aliphatic carbocycles. The average Bonchev–Trinajstić information content (AvgIpc) is 3.15. The third-order valence-electron chi connectivity index (χ3n) is 3.62. The summed E-state index contributed by atoms with van der Waals surface area (Å²) in [6.07, 6.45) is 2.10. The van der Waals surface area contributed by atoms with Crippen molar-refractivity contribution in [1.29, 1.82) is 0 Å². The summed E-state index contributed by atoms with van der Waals surface area (Å²) in [6.45, 7) is 0.372. The van der Waals surface area contributed by atoms with Crippen molar-refractivity contribution in [2.45, 2.75) is 19.4 Å². The number of hydrogen-bond donors (Lipinski definition) is 0. The molecule has 16 heavy (non-hydrogen) atoms. The van der Waals surface area contributed by atoms with Crippen molar-refractivity contribution in [2.75, 3.05) is 7.11 Å². The van der Waals surface area contributed by atoms with Crippen LogP contribution in [0, 0.1) is 11.3 Å². The molecular formula is C13H14O3. The van der Waals surface area contributed by atoms with Crippen LogP contribution in [-0.4, -0.2) is 13.1 Å². The van der Waals surface area contributed by atoms with Crippen molar-refractivity contribution in [3.63, 3.8) is 0 Å². The van der Waals surface area contributed by atoms with Crippen molar-refractivity contribution in [3.8, 4) is 5.75 Å². The second kappa shape index (κ2) is 3.24. The van der Waals surface area contributed by atoms with Crippen LogP contribution in [0.15, 0.2) is 24.3 Å². The summed E-state index contributed by atoms with van der Waals surface area (Å²) in [5, 5.41) is 0. The van der Waals surface area contributed by atoms with Crippen molar-refractivity contribution in [1.82, 2.24) is 0 Å². The molecule has 2 fully saturated rings. The molecule has 3 nitrogen and oxygen atoms in total. The fraction of sp³-hybridized carbons (Fsp3) is 0.462. The lowest BCUT2D eigenvalue weighted by Gasteiger charge is -2.07. The van der Waals surface area contributed by atoms with Crippen LogP contribution in [0.2, 0.25) is 0 Å². The molecule has 1 aromatic carbocycles. The number of rotatable bonds is 4. The van der Waals surface area contributed by atoms with E-state index in [1.165, 1.54) is 0 Å². The normalized spacial score (nSPS) is 29.2. The standard InChI is InChI=1S/C13H14O3/c1-15-11-4-2-9(3-5-11)8-16-12(14)13-6-10(13)7-13/h2-5,10H,6-8H2,1H3. The molecule has 0 amide bonds. The SMILES string of the molecule is COc1ccc(COC(=O)C23CC2C3)cc1. The number of carbonyl (C=O) groups is 1. The third kappa shape index (κ3) is 1.47. The van der Waals surface area contributed by atoms with E-state index in [1.807, 2.05) is 24.3 Å². The molecule has 0 N–H and O–H groups in total. The van der Waals surface area contributed by atoms with E-state index in [9.17, 15) is 4.79 Å². The monoisotopic (exact) mass is 218 g/mol. The number of fused-ring (bicyclic) bond motifs is 1. The van der Waals surface area contributed by atoms with E-state index in [4.69, 9.17) is 9.47 Å². The molecule has 0 spiro atoms. The number of carbonyl (C=O) groups excluding carboxylic acids is 1. The minimum atomic E-state index is -0.0352. The topological polar surface area (TPSA) is 35.5 Å². The molecule has 0 heterocycles. The Morgan fingerprint density at radius 2 is 2.00 bits per heavy atom. The maximum atomic E-state index is 11.6. The summed E-state index contributed by atoms with van der Waals surface area (Å²) in [6, 6.07) is 7.58. The first-order valence-electron chi connectivity index (χ1n) is 5.55. The highest BCUT2D eigenvalue weighted by molar-refractivity contribution is 5.85. The quantitative estimate of drug-likeness (QED) is 0.726. The predicted molar refractivity (Wildman–Crippen MR) is 57.9 cm³/mol. The zero-order valence-corrected chi connectivity index (χ0v) is 9.23. The molecular weight excluding hydrogens is 204 g/mol. The highest BCUT2D eigenvalue weighted by Crippen LogP contribution is 2.75. The van der Waals surface area contributed by atoms with Crippen LogP contribution in [0.25, 0.3) is 0 Å². The molecule has 2 aliphatic rings. The van der Waals surface area contributed by atoms with E-state index in [0.29, 0.717) is 12.5 Å². The number of hydrogen-bond acceptors (Lipinski definition) is 3. The molecule has 0 unspecified atom stereocenters. The summed E-state index contributed by atoms with van der Waals surface area (Å²) < 4.78 is 10.3. The fourth-order valence-electron chi connectivity index (χ4n) is 2.05. The van der Waals surface area contributed by atoms with Gasteiger partial charge >= 0.3 is 5.97 Å². The van der Waals surface area contributed by atoms with E-state index in [2.05, 4.69) is 0 Å². The summed E-state index contributed by atoms with van der Waals surface area (Å²) in [5.41, 5.74) is 0.968. The second-order valence-electron chi connectivity index (χ2n) is 4.69. The Hall–Kier alpha value is -1.51. The van der Waals surface area contributed by atoms with Crippen LogP contribution >= 0.6 is 0 Å². The molecule has 1 aromatic rings. The van der Waals surface area contributed by atoms with Gasteiger partial charge in [-0.15, -0.1) is 0 Å². The van der Waals surface area contributed by atoms with Crippen LogP contribution in [0.4, 0.5) is 0 Å². The Morgan fingerprint density at radius 3 is 2.50 bits per heavy atom. The largest absolute Gasteiger partial charge is 0.497 e. The molecule has 0 aliphatic heterocycles. The van der Waals surface area contributed by atoms with Gasteiger partial charge in [-0.05, 0) is 36.5 Å². The fourth-order valence-corrected chi connectivity index (χ4v) is 2.05. The highest BCUT2D eigenvalue weighted by atomic mass is 16.5. The predicted octanol–water partition coefficient (Wildman–Crippen LogP) is 2.15. The van der Waals surface area contributed by atoms with Crippen LogP contribution in [0.5, 0.6) is 5.75 Å². The van der Waals surface area contributed by atoms with Gasteiger partial charge in [0.25, 0.3) is 0 Å². The van der Waals surface area contributed by atoms with Gasteiger partial charge in [-0.25, -0.2) is 0 Å². The van der Waals surface area contributed by atoms with Gasteiger partial charge in [-0.3, -0.25) is 4.79 Å². The third-order valence-corrected chi connectivity index (χ3v) is 3.62. The first kappa shape index (κ1) is 9.70. The summed E-state index contributed by atoms with van der Waals surface area (Å²) in [4.78, 5) is 11.6. The maximum absolute atomic E-state index is 11.6. The number of esters is 1. The Bertz CT molecular complexity index is 415. The van der Waals surface area contributed by atoms with Crippen molar-refractivity contribution in [2.24, 2.45) is 11.3 Å². The van der Waals surface area contributed by atoms with Crippen molar-refractivity contribution < 1.29 is 14.3 Å². The smallest absolute Gasteiger partial charge is 0.312 e. The molecule has 3 heteroatoms. The van der Waals surface area contributed by atoms with Gasteiger partial charge in [-0.2, -0.15) is 0 Å². The molecule has 0 aromatic heterocycles. The molecule has 3 rings (SSSR count). The first-order valence-corrected chi connectivity index (χ1v) is 5.55. The van der Waals surface area contributed by atoms with Gasteiger partial charge in [0.1, 0.15) is 12.4 Å². The van der Waals surface area contributed by atoms with Crippen LogP contribution in [0.1, 0.15) is 18.4 Å². The van der Waals surface area contributed by atoms with E-state index < -0.39 is 0 Å². The lowest BCUT2D eigenvalue weighted by Crippen LogP contribution is -2.11. The van der Waals surface area contributed by atoms with E-state index in [-0.39, 0.29) is 11.4 Å². The molecule has 0 radical (unpaired) electrons. The Balaban J connectivity index is 1.55. The van der Waals surface area contributed by atoms with Gasteiger partial charge in [0, 0.05) is 0 Å². The Morgan fingerprint density at radius 1 is 1.38 bits per heavy atom. The highest BCUT2D eigenvalue weighted by Gasteiger charge is 2.75. The number of methoxy groups -OCH3 is 1. The molecule has 2 saturated carbocycles. The summed E-state index contributed by atoms with van der Waals surface area (Å²) in [7, 11) is 1.63. The minimum Gasteiger partial charge on any atom is -0.497 e. The van der Waals surface area contributed by atoms with Gasteiger partial charge in [-0.1, -0.05) is 12.1 Å². The molecule has 0 saturated heterocycles. The van der Waals surface area contributed by atoms with Crippen LogP contribution in [-0.2, 0) is 16.1 Å². The van der Waals surface area contributed by atoms with E-state index in [1.54, 1.807) is 7.11 Å². The van der Waals surface area contributed by atoms with E-state index >= 15 is 0 Å². The lowest BCUT2D eigenvalue weighted by atomic mass is 10.2. The minimum absolute atomic E-state index is 0.00619. The number of ether oxygens (including phenoxy) is 2. The summed E-state index contributed by atoms with van der Waals surface area (Å²) in [5.74, 6) is 1.46. The zero-order chi connectivity index (χ0) is 11.2. The van der Waals surface area contributed by atoms with Crippen LogP contribution < -0.4 is 4.74 Å². The van der Waals surface area contributed by atoms with Gasteiger partial charge in [0.05, 0.1) is 12.5 Å². The summed E-state index contributed by atoms with van der Waals surface area (Å²) >= 11 is 0. The average molecular weight is 218 g/mol. The molecule has 0 bridgehead atoms. The van der Waals surface area contributed by atoms with Crippen LogP contribution in [0.3, 0.4) is 0 Å². The first-order chi connectivity index (χ1) is 7.74. The van der Waals surface area contributed by atoms with E-state index in [0.717, 1.165) is 24.2 Å². The van der Waals surface area contributed by atoms with Crippen molar-refractivity contribution in [3.05, 3.63) is 29.8 Å². The second-order valence-corrected chi connectivity index (χ2v) is 4.69. The van der Waals surface area contributed by atoms with Gasteiger partial charge < -0.3 is 9.47 Å². The van der Waals surface area contributed by atoms with Crippen molar-refractivity contribution >= 4 is 5.97 Å². The molecule has 84 valence electrons. The van der Waals surface area contributed by atoms with Gasteiger partial charge in [0.15, 0.2) is 0 Å². The Labute approximate surface area is 94.4 Å². The van der Waals surface area contributed by atoms with Gasteiger partial charge in [0.2, 0.25) is 0 Å². The Kier molecular flexibility index (Phi) is 1.96. The maximum Gasteiger partial charge on any atom is 0.312 e. The zero-order valence-electron chi connectivity index (χ0n) is 9.23.